The normalized spacial score (nSPS) is 11.2. The van der Waals surface area contributed by atoms with Gasteiger partial charge in [0.25, 0.3) is 5.91 Å². The fourth-order valence-corrected chi connectivity index (χ4v) is 4.16. The Morgan fingerprint density at radius 1 is 1.00 bits per heavy atom. The van der Waals surface area contributed by atoms with Crippen LogP contribution in [-0.4, -0.2) is 33.8 Å². The second kappa shape index (κ2) is 9.07. The number of aromatic nitrogens is 1. The molecule has 1 heterocycles. The number of aryl methyl sites for hydroxylation is 3. The van der Waals surface area contributed by atoms with Gasteiger partial charge in [-0.3, -0.25) is 10.1 Å². The molecule has 0 aliphatic rings. The van der Waals surface area contributed by atoms with Gasteiger partial charge in [0, 0.05) is 11.8 Å². The smallest absolute Gasteiger partial charge is 0.465 e. The van der Waals surface area contributed by atoms with Crippen LogP contribution in [0.3, 0.4) is 0 Å². The van der Waals surface area contributed by atoms with E-state index in [0.29, 0.717) is 15.9 Å². The number of thiazole rings is 1. The lowest BCUT2D eigenvalue weighted by Crippen LogP contribution is -2.26. The summed E-state index contributed by atoms with van der Waals surface area (Å²) in [6, 6.07) is 6.83. The molecule has 0 unspecified atom stereocenters. The maximum Gasteiger partial charge on any atom is 0.514 e. The van der Waals surface area contributed by atoms with Gasteiger partial charge >= 0.3 is 12.2 Å². The number of rotatable bonds is 4. The molecule has 3 N–H and O–H groups in total. The van der Waals surface area contributed by atoms with Crippen LogP contribution in [0.25, 0.3) is 10.2 Å². The molecule has 2 aromatic carbocycles. The van der Waals surface area contributed by atoms with E-state index >= 15 is 0 Å². The predicted octanol–water partition coefficient (Wildman–Crippen LogP) is 5.88. The Morgan fingerprint density at radius 3 is 2.21 bits per heavy atom. The lowest BCUT2D eigenvalue weighted by Gasteiger charge is -2.19. The molecule has 0 aliphatic heterocycles. The van der Waals surface area contributed by atoms with Crippen molar-refractivity contribution in [2.24, 2.45) is 0 Å². The Balaban J connectivity index is 2.03. The molecule has 2 amide bonds. The first-order valence-electron chi connectivity index (χ1n) is 10.1. The number of anilines is 2. The second-order valence-electron chi connectivity index (χ2n) is 8.56. The summed E-state index contributed by atoms with van der Waals surface area (Å²) in [6.45, 7) is 10.8. The molecule has 10 heteroatoms. The highest BCUT2D eigenvalue weighted by Gasteiger charge is 2.23. The van der Waals surface area contributed by atoms with Crippen molar-refractivity contribution in [2.45, 2.75) is 47.1 Å². The summed E-state index contributed by atoms with van der Waals surface area (Å²) in [5, 5.41) is 14.2. The Labute approximate surface area is 194 Å². The van der Waals surface area contributed by atoms with Gasteiger partial charge in [0.05, 0.1) is 15.8 Å². The van der Waals surface area contributed by atoms with Crippen LogP contribution in [0.1, 0.15) is 47.8 Å². The fraction of sp³-hybridized carbons (Fsp3) is 0.304. The topological polar surface area (TPSA) is 127 Å². The molecule has 9 nitrogen and oxygen atoms in total. The van der Waals surface area contributed by atoms with Crippen molar-refractivity contribution in [3.05, 3.63) is 46.5 Å². The number of ether oxygens (including phenoxy) is 2. The molecular formula is C23H25N3O6S. The van der Waals surface area contributed by atoms with Crippen LogP contribution in [0, 0.1) is 20.8 Å². The summed E-state index contributed by atoms with van der Waals surface area (Å²) in [7, 11) is 0. The molecule has 1 aromatic heterocycles. The van der Waals surface area contributed by atoms with E-state index in [1.165, 1.54) is 12.1 Å². The van der Waals surface area contributed by atoms with Gasteiger partial charge in [-0.2, -0.15) is 0 Å². The van der Waals surface area contributed by atoms with Crippen LogP contribution in [0.4, 0.5) is 20.4 Å². The zero-order valence-electron chi connectivity index (χ0n) is 19.2. The third-order valence-electron chi connectivity index (χ3n) is 4.45. The number of benzene rings is 2. The van der Waals surface area contributed by atoms with Crippen LogP contribution < -0.4 is 15.4 Å². The number of hydrogen-bond acceptors (Lipinski definition) is 7. The number of nitrogens with zero attached hydrogens (tertiary/aromatic N) is 1. The molecule has 0 spiro atoms. The van der Waals surface area contributed by atoms with Gasteiger partial charge in [-0.05, 0) is 58.7 Å². The quantitative estimate of drug-likeness (QED) is 0.320. The molecule has 0 aliphatic carbocycles. The van der Waals surface area contributed by atoms with E-state index in [9.17, 15) is 14.4 Å². The lowest BCUT2D eigenvalue weighted by atomic mass is 10.0. The SMILES string of the molecule is Cc1cc(C)c(NC(=O)c2cc3sc(NC(=O)O)nc3cc2OC(=O)OC(C)(C)C)c(C)c1. The lowest BCUT2D eigenvalue weighted by molar-refractivity contribution is 0.0205. The monoisotopic (exact) mass is 471 g/mol. The molecule has 3 rings (SSSR count). The predicted molar refractivity (Wildman–Crippen MR) is 127 cm³/mol. The van der Waals surface area contributed by atoms with E-state index in [1.807, 2.05) is 32.9 Å². The number of amides is 2. The zero-order valence-corrected chi connectivity index (χ0v) is 20.0. The Hall–Kier alpha value is -3.66. The average Bonchev–Trinajstić information content (AvgIpc) is 3.02. The van der Waals surface area contributed by atoms with Gasteiger partial charge in [-0.15, -0.1) is 0 Å². The van der Waals surface area contributed by atoms with E-state index in [4.69, 9.17) is 14.6 Å². The van der Waals surface area contributed by atoms with Gasteiger partial charge in [-0.25, -0.2) is 14.6 Å². The van der Waals surface area contributed by atoms with Crippen molar-refractivity contribution in [1.29, 1.82) is 0 Å². The molecule has 0 fully saturated rings. The Bertz CT molecular complexity index is 1240. The number of carboxylic acid groups (broad SMARTS) is 1. The third-order valence-corrected chi connectivity index (χ3v) is 5.38. The van der Waals surface area contributed by atoms with Crippen LogP contribution >= 0.6 is 11.3 Å². The molecule has 0 saturated carbocycles. The summed E-state index contributed by atoms with van der Waals surface area (Å²) >= 11 is 1.05. The number of carbonyl (C=O) groups is 3. The van der Waals surface area contributed by atoms with Crippen molar-refractivity contribution >= 4 is 50.5 Å². The van der Waals surface area contributed by atoms with Crippen molar-refractivity contribution in [2.75, 3.05) is 10.6 Å². The number of nitrogens with one attached hydrogen (secondary N) is 2. The highest BCUT2D eigenvalue weighted by molar-refractivity contribution is 7.22. The minimum atomic E-state index is -1.26. The van der Waals surface area contributed by atoms with Crippen LogP contribution in [0.5, 0.6) is 5.75 Å². The van der Waals surface area contributed by atoms with E-state index in [-0.39, 0.29) is 16.4 Å². The van der Waals surface area contributed by atoms with E-state index in [1.54, 1.807) is 20.8 Å². The third kappa shape index (κ3) is 5.98. The van der Waals surface area contributed by atoms with Crippen molar-refractivity contribution < 1.29 is 29.0 Å². The van der Waals surface area contributed by atoms with Crippen LogP contribution in [-0.2, 0) is 4.74 Å². The summed E-state index contributed by atoms with van der Waals surface area (Å²) in [6.07, 6.45) is -2.24. The van der Waals surface area contributed by atoms with Crippen molar-refractivity contribution in [3.63, 3.8) is 0 Å². The second-order valence-corrected chi connectivity index (χ2v) is 9.59. The molecule has 0 atom stereocenters. The molecule has 174 valence electrons. The summed E-state index contributed by atoms with van der Waals surface area (Å²) in [4.78, 5) is 40.7. The molecule has 0 bridgehead atoms. The number of fused-ring (bicyclic) bond motifs is 1. The zero-order chi connectivity index (χ0) is 24.5. The highest BCUT2D eigenvalue weighted by atomic mass is 32.1. The van der Waals surface area contributed by atoms with Gasteiger partial charge in [0.2, 0.25) is 0 Å². The maximum atomic E-state index is 13.3. The van der Waals surface area contributed by atoms with E-state index in [0.717, 1.165) is 28.0 Å². The Kier molecular flexibility index (Phi) is 6.59. The maximum absolute atomic E-state index is 13.3. The first-order chi connectivity index (χ1) is 15.3. The van der Waals surface area contributed by atoms with Gasteiger partial charge in [-0.1, -0.05) is 29.0 Å². The van der Waals surface area contributed by atoms with Gasteiger partial charge < -0.3 is 19.9 Å². The fourth-order valence-electron chi connectivity index (χ4n) is 3.28. The summed E-state index contributed by atoms with van der Waals surface area (Å²) in [5.74, 6) is -0.546. The van der Waals surface area contributed by atoms with E-state index < -0.39 is 23.8 Å². The first-order valence-corrected chi connectivity index (χ1v) is 10.9. The highest BCUT2D eigenvalue weighted by Crippen LogP contribution is 2.33. The molecular weight excluding hydrogens is 446 g/mol. The average molecular weight is 472 g/mol. The first kappa shape index (κ1) is 24.0. The summed E-state index contributed by atoms with van der Waals surface area (Å²) < 4.78 is 11.1. The number of hydrogen-bond donors (Lipinski definition) is 3. The van der Waals surface area contributed by atoms with Crippen molar-refractivity contribution in [1.82, 2.24) is 4.98 Å². The minimum Gasteiger partial charge on any atom is -0.465 e. The summed E-state index contributed by atoms with van der Waals surface area (Å²) in [5.41, 5.74) is 3.16. The van der Waals surface area contributed by atoms with Gasteiger partial charge in [0.15, 0.2) is 5.13 Å². The molecule has 0 radical (unpaired) electrons. The Morgan fingerprint density at radius 2 is 1.64 bits per heavy atom. The minimum absolute atomic E-state index is 0.0520. The molecule has 33 heavy (non-hydrogen) atoms. The van der Waals surface area contributed by atoms with Crippen LogP contribution in [0.2, 0.25) is 0 Å². The molecule has 3 aromatic rings. The van der Waals surface area contributed by atoms with Crippen molar-refractivity contribution in [3.8, 4) is 5.75 Å². The largest absolute Gasteiger partial charge is 0.514 e. The van der Waals surface area contributed by atoms with E-state index in [2.05, 4.69) is 15.6 Å². The van der Waals surface area contributed by atoms with Gasteiger partial charge in [0.1, 0.15) is 11.4 Å². The number of carbonyl (C=O) groups excluding carboxylic acids is 2. The standard InChI is InChI=1S/C23H25N3O6S/c1-11-7-12(2)18(13(3)8-11)25-19(27)14-9-17-15(24-20(33-17)26-21(28)29)10-16(14)31-22(30)32-23(4,5)6/h7-10H,1-6H3,(H,24,26)(H,25,27)(H,28,29). The van der Waals surface area contributed by atoms with Crippen LogP contribution in [0.15, 0.2) is 24.3 Å². The molecule has 0 saturated heterocycles.